The second kappa shape index (κ2) is 10.5. The Bertz CT molecular complexity index is 1020. The SMILES string of the molecule is C[C@H]1CCCCN1CCNC(=O)C1CCC(CNS(=O)(=O)c2cccc3nsnc23)CC1. The molecule has 1 aliphatic heterocycles. The van der Waals surface area contributed by atoms with Gasteiger partial charge in [0.15, 0.2) is 0 Å². The van der Waals surface area contributed by atoms with E-state index >= 15 is 0 Å². The second-order valence-corrected chi connectivity index (χ2v) is 11.4. The maximum Gasteiger partial charge on any atom is 0.242 e. The van der Waals surface area contributed by atoms with Crippen molar-refractivity contribution in [2.45, 2.75) is 62.8 Å². The van der Waals surface area contributed by atoms with Gasteiger partial charge >= 0.3 is 0 Å². The lowest BCUT2D eigenvalue weighted by molar-refractivity contribution is -0.126. The molecule has 1 aromatic heterocycles. The predicted octanol–water partition coefficient (Wildman–Crippen LogP) is 2.77. The summed E-state index contributed by atoms with van der Waals surface area (Å²) in [6.45, 7) is 5.42. The Morgan fingerprint density at radius 3 is 2.75 bits per heavy atom. The van der Waals surface area contributed by atoms with Crippen molar-refractivity contribution in [3.63, 3.8) is 0 Å². The standard InChI is InChI=1S/C22H33N5O3S2/c1-16-5-2-3-13-27(16)14-12-23-22(28)18-10-8-17(9-11-18)15-24-32(29,30)20-7-4-6-19-21(20)26-31-25-19/h4,6-7,16-18,24H,2-3,5,8-15H2,1H3,(H,23,28)/t16-,17?,18?/m0/s1. The van der Waals surface area contributed by atoms with E-state index in [1.54, 1.807) is 18.2 Å². The van der Waals surface area contributed by atoms with E-state index in [4.69, 9.17) is 0 Å². The molecule has 4 rings (SSSR count). The number of piperidine rings is 1. The Hall–Kier alpha value is -1.62. The van der Waals surface area contributed by atoms with Gasteiger partial charge in [-0.15, -0.1) is 0 Å². The molecule has 0 bridgehead atoms. The van der Waals surface area contributed by atoms with Gasteiger partial charge in [0, 0.05) is 31.6 Å². The first kappa shape index (κ1) is 23.5. The van der Waals surface area contributed by atoms with Crippen LogP contribution in [0.2, 0.25) is 0 Å². The van der Waals surface area contributed by atoms with E-state index < -0.39 is 10.0 Å². The predicted molar refractivity (Wildman–Crippen MR) is 126 cm³/mol. The van der Waals surface area contributed by atoms with Gasteiger partial charge in [0.05, 0.1) is 11.7 Å². The smallest absolute Gasteiger partial charge is 0.242 e. The molecule has 1 aromatic carbocycles. The van der Waals surface area contributed by atoms with Gasteiger partial charge in [-0.3, -0.25) is 9.69 Å². The lowest BCUT2D eigenvalue weighted by Gasteiger charge is -2.33. The molecule has 1 atom stereocenters. The van der Waals surface area contributed by atoms with E-state index in [1.807, 2.05) is 0 Å². The third-order valence-corrected chi connectivity index (χ3v) is 8.95. The van der Waals surface area contributed by atoms with Crippen LogP contribution in [-0.4, -0.2) is 60.2 Å². The number of nitrogens with zero attached hydrogens (tertiary/aromatic N) is 3. The molecule has 1 saturated carbocycles. The normalized spacial score (nSPS) is 25.1. The zero-order valence-corrected chi connectivity index (χ0v) is 20.3. The molecule has 2 aromatic rings. The quantitative estimate of drug-likeness (QED) is 0.603. The molecule has 1 saturated heterocycles. The molecule has 2 N–H and O–H groups in total. The molecule has 2 fully saturated rings. The maximum atomic E-state index is 12.8. The Morgan fingerprint density at radius 2 is 1.97 bits per heavy atom. The van der Waals surface area contributed by atoms with Crippen molar-refractivity contribution in [1.82, 2.24) is 23.7 Å². The number of fused-ring (bicyclic) bond motifs is 1. The highest BCUT2D eigenvalue weighted by molar-refractivity contribution is 7.89. The lowest BCUT2D eigenvalue weighted by atomic mass is 9.81. The summed E-state index contributed by atoms with van der Waals surface area (Å²) < 4.78 is 36.6. The Balaban J connectivity index is 1.20. The Morgan fingerprint density at radius 1 is 1.16 bits per heavy atom. The van der Waals surface area contributed by atoms with Gasteiger partial charge in [0.25, 0.3) is 0 Å². The highest BCUT2D eigenvalue weighted by atomic mass is 32.2. The van der Waals surface area contributed by atoms with Gasteiger partial charge in [0.1, 0.15) is 15.9 Å². The molecule has 1 amide bonds. The van der Waals surface area contributed by atoms with Crippen LogP contribution in [0.1, 0.15) is 51.9 Å². The fourth-order valence-electron chi connectivity index (χ4n) is 4.89. The van der Waals surface area contributed by atoms with E-state index in [2.05, 4.69) is 30.6 Å². The topological polar surface area (TPSA) is 104 Å². The first-order valence-corrected chi connectivity index (χ1v) is 13.9. The zero-order chi connectivity index (χ0) is 22.6. The van der Waals surface area contributed by atoms with E-state index in [0.717, 1.165) is 50.5 Å². The van der Waals surface area contributed by atoms with Crippen molar-refractivity contribution in [3.8, 4) is 0 Å². The Kier molecular flexibility index (Phi) is 7.75. The summed E-state index contributed by atoms with van der Waals surface area (Å²) in [7, 11) is -3.64. The molecule has 0 spiro atoms. The monoisotopic (exact) mass is 479 g/mol. The van der Waals surface area contributed by atoms with Crippen molar-refractivity contribution in [1.29, 1.82) is 0 Å². The molecule has 0 radical (unpaired) electrons. The van der Waals surface area contributed by atoms with Crippen LogP contribution in [0, 0.1) is 11.8 Å². The van der Waals surface area contributed by atoms with Crippen LogP contribution < -0.4 is 10.0 Å². The molecule has 2 aliphatic rings. The highest BCUT2D eigenvalue weighted by Gasteiger charge is 2.28. The fraction of sp³-hybridized carbons (Fsp3) is 0.682. The van der Waals surface area contributed by atoms with E-state index in [0.29, 0.717) is 30.2 Å². The first-order chi connectivity index (χ1) is 15.4. The third-order valence-electron chi connectivity index (χ3n) is 6.96. The molecule has 10 heteroatoms. The molecule has 0 unspecified atom stereocenters. The highest BCUT2D eigenvalue weighted by Crippen LogP contribution is 2.29. The second-order valence-electron chi connectivity index (χ2n) is 9.13. The average molecular weight is 480 g/mol. The minimum Gasteiger partial charge on any atom is -0.355 e. The number of likely N-dealkylation sites (tertiary alicyclic amines) is 1. The van der Waals surface area contributed by atoms with Gasteiger partial charge < -0.3 is 5.32 Å². The summed E-state index contributed by atoms with van der Waals surface area (Å²) in [5.41, 5.74) is 1.02. The first-order valence-electron chi connectivity index (χ1n) is 11.7. The molecule has 32 heavy (non-hydrogen) atoms. The number of amides is 1. The van der Waals surface area contributed by atoms with Crippen LogP contribution in [0.25, 0.3) is 11.0 Å². The van der Waals surface area contributed by atoms with E-state index in [-0.39, 0.29) is 22.6 Å². The average Bonchev–Trinajstić information content (AvgIpc) is 3.28. The van der Waals surface area contributed by atoms with Gasteiger partial charge in [0.2, 0.25) is 15.9 Å². The molecule has 8 nitrogen and oxygen atoms in total. The number of carbonyl (C=O) groups excluding carboxylic acids is 1. The van der Waals surface area contributed by atoms with Crippen LogP contribution in [-0.2, 0) is 14.8 Å². The number of nitrogens with one attached hydrogen (secondary N) is 2. The van der Waals surface area contributed by atoms with E-state index in [1.165, 1.54) is 19.3 Å². The lowest BCUT2D eigenvalue weighted by Crippen LogP contribution is -2.44. The van der Waals surface area contributed by atoms with Crippen molar-refractivity contribution < 1.29 is 13.2 Å². The van der Waals surface area contributed by atoms with Crippen LogP contribution in [0.4, 0.5) is 0 Å². The molecule has 176 valence electrons. The van der Waals surface area contributed by atoms with Crippen LogP contribution >= 0.6 is 11.7 Å². The summed E-state index contributed by atoms with van der Waals surface area (Å²) in [6.07, 6.45) is 7.13. The van der Waals surface area contributed by atoms with Crippen molar-refractivity contribution >= 4 is 38.7 Å². The van der Waals surface area contributed by atoms with Crippen LogP contribution in [0.5, 0.6) is 0 Å². The number of sulfonamides is 1. The minimum atomic E-state index is -3.64. The summed E-state index contributed by atoms with van der Waals surface area (Å²) in [6, 6.07) is 5.63. The van der Waals surface area contributed by atoms with Crippen molar-refractivity contribution in [2.24, 2.45) is 11.8 Å². The van der Waals surface area contributed by atoms with Gasteiger partial charge in [-0.1, -0.05) is 12.5 Å². The third kappa shape index (κ3) is 5.65. The Labute approximate surface area is 194 Å². The van der Waals surface area contributed by atoms with Crippen molar-refractivity contribution in [2.75, 3.05) is 26.2 Å². The molecule has 1 aliphatic carbocycles. The molecular weight excluding hydrogens is 446 g/mol. The number of hydrogen-bond acceptors (Lipinski definition) is 7. The zero-order valence-electron chi connectivity index (χ0n) is 18.6. The van der Waals surface area contributed by atoms with E-state index in [9.17, 15) is 13.2 Å². The number of rotatable bonds is 8. The van der Waals surface area contributed by atoms with Crippen molar-refractivity contribution in [3.05, 3.63) is 18.2 Å². The summed E-state index contributed by atoms with van der Waals surface area (Å²) >= 11 is 1.01. The maximum absolute atomic E-state index is 12.8. The summed E-state index contributed by atoms with van der Waals surface area (Å²) in [5.74, 6) is 0.434. The number of benzene rings is 1. The van der Waals surface area contributed by atoms with Gasteiger partial charge in [-0.25, -0.2) is 13.1 Å². The number of aromatic nitrogens is 2. The number of carbonyl (C=O) groups is 1. The fourth-order valence-corrected chi connectivity index (χ4v) is 6.77. The van der Waals surface area contributed by atoms with Crippen LogP contribution in [0.15, 0.2) is 23.1 Å². The minimum absolute atomic E-state index is 0.0384. The summed E-state index contributed by atoms with van der Waals surface area (Å²) in [4.78, 5) is 15.2. The van der Waals surface area contributed by atoms with Gasteiger partial charge in [-0.05, 0) is 70.0 Å². The molecular formula is C22H33N5O3S2. The van der Waals surface area contributed by atoms with Gasteiger partial charge in [-0.2, -0.15) is 8.75 Å². The largest absolute Gasteiger partial charge is 0.355 e. The summed E-state index contributed by atoms with van der Waals surface area (Å²) in [5, 5.41) is 3.12. The van der Waals surface area contributed by atoms with Crippen LogP contribution in [0.3, 0.4) is 0 Å². The number of hydrogen-bond donors (Lipinski definition) is 2. The molecule has 2 heterocycles.